The summed E-state index contributed by atoms with van der Waals surface area (Å²) in [4.78, 5) is 15.0. The van der Waals surface area contributed by atoms with Gasteiger partial charge in [-0.05, 0) is 25.3 Å². The summed E-state index contributed by atoms with van der Waals surface area (Å²) >= 11 is 0. The summed E-state index contributed by atoms with van der Waals surface area (Å²) in [7, 11) is 0. The molecule has 0 spiro atoms. The normalized spacial score (nSPS) is 21.4. The number of benzene rings is 1. The molecule has 0 radical (unpaired) electrons. The Bertz CT molecular complexity index is 517. The molecule has 4 heteroatoms. The van der Waals surface area contributed by atoms with Gasteiger partial charge in [0.1, 0.15) is 0 Å². The standard InChI is InChI=1S/C20H30N2O2/c1-16-7-9-17(10-8-16)19(22-11-13-24-14-12-22)15-21-20(23)18-5-3-2-4-6-18/h7-10,18-19H,2-6,11-15H2,1H3,(H,21,23)/t19-/m1/s1. The Balaban J connectivity index is 1.64. The maximum atomic E-state index is 12.5. The number of nitrogens with one attached hydrogen (secondary N) is 1. The first-order valence-corrected chi connectivity index (χ1v) is 9.40. The molecule has 1 aliphatic carbocycles. The highest BCUT2D eigenvalue weighted by molar-refractivity contribution is 5.78. The van der Waals surface area contributed by atoms with Crippen LogP contribution in [0.1, 0.15) is 49.3 Å². The molecule has 1 saturated heterocycles. The molecule has 24 heavy (non-hydrogen) atoms. The van der Waals surface area contributed by atoms with Crippen LogP contribution in [0.2, 0.25) is 0 Å². The number of hydrogen-bond donors (Lipinski definition) is 1. The average molecular weight is 330 g/mol. The third-order valence-electron chi connectivity index (χ3n) is 5.39. The van der Waals surface area contributed by atoms with Crippen molar-refractivity contribution in [3.63, 3.8) is 0 Å². The Morgan fingerprint density at radius 1 is 1.17 bits per heavy atom. The third kappa shape index (κ3) is 4.58. The molecular weight excluding hydrogens is 300 g/mol. The lowest BCUT2D eigenvalue weighted by Crippen LogP contribution is -2.44. The molecule has 1 saturated carbocycles. The van der Waals surface area contributed by atoms with Crippen molar-refractivity contribution >= 4 is 5.91 Å². The van der Waals surface area contributed by atoms with Crippen molar-refractivity contribution in [1.29, 1.82) is 0 Å². The molecule has 4 nitrogen and oxygen atoms in total. The fourth-order valence-corrected chi connectivity index (χ4v) is 3.84. The largest absolute Gasteiger partial charge is 0.379 e. The number of ether oxygens (including phenoxy) is 1. The molecular formula is C20H30N2O2. The maximum Gasteiger partial charge on any atom is 0.223 e. The molecule has 0 unspecified atom stereocenters. The van der Waals surface area contributed by atoms with Crippen molar-refractivity contribution in [3.8, 4) is 0 Å². The summed E-state index contributed by atoms with van der Waals surface area (Å²) in [5, 5.41) is 3.24. The summed E-state index contributed by atoms with van der Waals surface area (Å²) in [6.07, 6.45) is 5.78. The molecule has 1 aromatic carbocycles. The lowest BCUT2D eigenvalue weighted by molar-refractivity contribution is -0.126. The molecule has 1 atom stereocenters. The predicted molar refractivity (Wildman–Crippen MR) is 95.9 cm³/mol. The molecule has 2 aliphatic rings. The van der Waals surface area contributed by atoms with Crippen molar-refractivity contribution in [2.24, 2.45) is 5.92 Å². The van der Waals surface area contributed by atoms with E-state index in [0.29, 0.717) is 6.54 Å². The zero-order valence-electron chi connectivity index (χ0n) is 14.8. The van der Waals surface area contributed by atoms with Crippen LogP contribution in [0.25, 0.3) is 0 Å². The number of carbonyl (C=O) groups excluding carboxylic acids is 1. The van der Waals surface area contributed by atoms with Gasteiger partial charge in [0.2, 0.25) is 5.91 Å². The van der Waals surface area contributed by atoms with E-state index in [1.54, 1.807) is 0 Å². The van der Waals surface area contributed by atoms with Crippen LogP contribution >= 0.6 is 0 Å². The summed E-state index contributed by atoms with van der Waals surface area (Å²) in [5.74, 6) is 0.474. The molecule has 1 aliphatic heterocycles. The van der Waals surface area contributed by atoms with Crippen LogP contribution in [0.15, 0.2) is 24.3 Å². The summed E-state index contributed by atoms with van der Waals surface area (Å²) in [6.45, 7) is 6.21. The Labute approximate surface area is 145 Å². The van der Waals surface area contributed by atoms with Gasteiger partial charge in [-0.2, -0.15) is 0 Å². The Morgan fingerprint density at radius 3 is 2.50 bits per heavy atom. The van der Waals surface area contributed by atoms with Gasteiger partial charge in [0.05, 0.1) is 19.3 Å². The summed E-state index contributed by atoms with van der Waals surface area (Å²) in [5.41, 5.74) is 2.55. The lowest BCUT2D eigenvalue weighted by atomic mass is 9.88. The van der Waals surface area contributed by atoms with Gasteiger partial charge in [-0.15, -0.1) is 0 Å². The van der Waals surface area contributed by atoms with Gasteiger partial charge in [-0.25, -0.2) is 0 Å². The minimum absolute atomic E-state index is 0.224. The first-order chi connectivity index (χ1) is 11.7. The van der Waals surface area contributed by atoms with E-state index in [9.17, 15) is 4.79 Å². The van der Waals surface area contributed by atoms with Crippen molar-refractivity contribution in [3.05, 3.63) is 35.4 Å². The number of rotatable bonds is 5. The van der Waals surface area contributed by atoms with E-state index in [1.807, 2.05) is 0 Å². The Morgan fingerprint density at radius 2 is 1.83 bits per heavy atom. The van der Waals surface area contributed by atoms with Crippen LogP contribution in [0.3, 0.4) is 0 Å². The zero-order chi connectivity index (χ0) is 16.8. The number of amides is 1. The topological polar surface area (TPSA) is 41.6 Å². The van der Waals surface area contributed by atoms with E-state index in [2.05, 4.69) is 41.4 Å². The second-order valence-electron chi connectivity index (χ2n) is 7.15. The third-order valence-corrected chi connectivity index (χ3v) is 5.39. The van der Waals surface area contributed by atoms with Crippen molar-refractivity contribution in [2.75, 3.05) is 32.8 Å². The quantitative estimate of drug-likeness (QED) is 0.902. The van der Waals surface area contributed by atoms with E-state index in [1.165, 1.54) is 30.4 Å². The number of morpholine rings is 1. The summed E-state index contributed by atoms with van der Waals surface area (Å²) < 4.78 is 5.50. The Kier molecular flexibility index (Phi) is 6.27. The lowest BCUT2D eigenvalue weighted by Gasteiger charge is -2.35. The molecule has 1 amide bonds. The van der Waals surface area contributed by atoms with Crippen LogP contribution in [0.5, 0.6) is 0 Å². The molecule has 2 fully saturated rings. The molecule has 1 N–H and O–H groups in total. The number of hydrogen-bond acceptors (Lipinski definition) is 3. The predicted octanol–water partition coefficient (Wildman–Crippen LogP) is 3.06. The van der Waals surface area contributed by atoms with Crippen LogP contribution in [0.4, 0.5) is 0 Å². The van der Waals surface area contributed by atoms with Crippen LogP contribution in [0, 0.1) is 12.8 Å². The van der Waals surface area contributed by atoms with Crippen LogP contribution < -0.4 is 5.32 Å². The molecule has 0 bridgehead atoms. The Hall–Kier alpha value is -1.39. The maximum absolute atomic E-state index is 12.5. The van der Waals surface area contributed by atoms with Gasteiger partial charge < -0.3 is 10.1 Å². The van der Waals surface area contributed by atoms with Gasteiger partial charge in [0.25, 0.3) is 0 Å². The first kappa shape index (κ1) is 17.4. The smallest absolute Gasteiger partial charge is 0.223 e. The highest BCUT2D eigenvalue weighted by Gasteiger charge is 2.25. The molecule has 3 rings (SSSR count). The number of carbonyl (C=O) groups is 1. The van der Waals surface area contributed by atoms with Crippen LogP contribution in [-0.4, -0.2) is 43.7 Å². The van der Waals surface area contributed by atoms with Crippen molar-refractivity contribution in [2.45, 2.75) is 45.1 Å². The van der Waals surface area contributed by atoms with Gasteiger partial charge in [0.15, 0.2) is 0 Å². The molecule has 132 valence electrons. The van der Waals surface area contributed by atoms with E-state index >= 15 is 0 Å². The van der Waals surface area contributed by atoms with Crippen LogP contribution in [-0.2, 0) is 9.53 Å². The van der Waals surface area contributed by atoms with E-state index < -0.39 is 0 Å². The minimum Gasteiger partial charge on any atom is -0.379 e. The van der Waals surface area contributed by atoms with E-state index in [-0.39, 0.29) is 17.9 Å². The second-order valence-corrected chi connectivity index (χ2v) is 7.15. The zero-order valence-corrected chi connectivity index (χ0v) is 14.8. The van der Waals surface area contributed by atoms with Crippen molar-refractivity contribution < 1.29 is 9.53 Å². The molecule has 0 aromatic heterocycles. The van der Waals surface area contributed by atoms with Gasteiger partial charge >= 0.3 is 0 Å². The van der Waals surface area contributed by atoms with Gasteiger partial charge in [-0.1, -0.05) is 49.1 Å². The second kappa shape index (κ2) is 8.63. The highest BCUT2D eigenvalue weighted by atomic mass is 16.5. The SMILES string of the molecule is Cc1ccc([C@@H](CNC(=O)C2CCCCC2)N2CCOCC2)cc1. The highest BCUT2D eigenvalue weighted by Crippen LogP contribution is 2.25. The first-order valence-electron chi connectivity index (χ1n) is 9.40. The fourth-order valence-electron chi connectivity index (χ4n) is 3.84. The minimum atomic E-state index is 0.224. The van der Waals surface area contributed by atoms with E-state index in [0.717, 1.165) is 39.1 Å². The molecule has 1 heterocycles. The monoisotopic (exact) mass is 330 g/mol. The fraction of sp³-hybridized carbons (Fsp3) is 0.650. The number of nitrogens with zero attached hydrogens (tertiary/aromatic N) is 1. The average Bonchev–Trinajstić information content (AvgIpc) is 2.65. The van der Waals surface area contributed by atoms with Gasteiger partial charge in [-0.3, -0.25) is 9.69 Å². The number of aryl methyl sites for hydroxylation is 1. The summed E-state index contributed by atoms with van der Waals surface area (Å²) in [6, 6.07) is 8.95. The van der Waals surface area contributed by atoms with E-state index in [4.69, 9.17) is 4.74 Å². The molecule has 1 aromatic rings. The van der Waals surface area contributed by atoms with Crippen molar-refractivity contribution in [1.82, 2.24) is 10.2 Å². The van der Waals surface area contributed by atoms with Gasteiger partial charge in [0, 0.05) is 25.6 Å².